The molecule has 51 heavy (non-hydrogen) atoms. The molecule has 0 spiro atoms. The summed E-state index contributed by atoms with van der Waals surface area (Å²) in [5.41, 5.74) is 0. The Morgan fingerprint density at radius 1 is 0.529 bits per heavy atom. The van der Waals surface area contributed by atoms with Crippen molar-refractivity contribution in [2.75, 3.05) is 26.2 Å². The van der Waals surface area contributed by atoms with E-state index in [1.54, 1.807) is 0 Å². The van der Waals surface area contributed by atoms with E-state index in [4.69, 9.17) is 4.55 Å². The standard InChI is InChI=1S/C42H86N2.C2H6O4S/c1-5-9-11-13-15-17-19-21-23-25-27-29-31-33-35-37-41(7-3)44-40-39-43(8-4)42(44)38-36-34-32-30-28-26-24-22-20-18-16-14-12-10-6-2;1-2-6-7(3,4)5/h41-42H,5-40H2,1-4H3;2H2,1H3,(H,3,4,5). The molecule has 1 saturated heterocycles. The first-order valence-electron chi connectivity index (χ1n) is 23.0. The van der Waals surface area contributed by atoms with Gasteiger partial charge in [0.1, 0.15) is 0 Å². The molecule has 0 aromatic heterocycles. The zero-order valence-electron chi connectivity index (χ0n) is 35.3. The lowest BCUT2D eigenvalue weighted by molar-refractivity contribution is 0.0832. The van der Waals surface area contributed by atoms with Gasteiger partial charge in [-0.3, -0.25) is 14.4 Å². The van der Waals surface area contributed by atoms with Crippen LogP contribution >= 0.6 is 0 Å². The normalized spacial score (nSPS) is 16.1. The SMILES string of the molecule is CCCCCCCCCCCCCCCCCC(CC)N1CCN(CC)C1CCCCCCCCCCCCCCCCC.CCOS(=O)(=O)O. The minimum atomic E-state index is -4.17. The van der Waals surface area contributed by atoms with Gasteiger partial charge in [-0.05, 0) is 32.7 Å². The van der Waals surface area contributed by atoms with Crippen molar-refractivity contribution in [1.29, 1.82) is 0 Å². The second kappa shape index (κ2) is 38.1. The zero-order chi connectivity index (χ0) is 37.7. The summed E-state index contributed by atoms with van der Waals surface area (Å²) >= 11 is 0. The van der Waals surface area contributed by atoms with Crippen LogP contribution in [0.25, 0.3) is 0 Å². The Kier molecular flexibility index (Phi) is 37.9. The van der Waals surface area contributed by atoms with Crippen LogP contribution in [0, 0.1) is 0 Å². The molecule has 1 heterocycles. The van der Waals surface area contributed by atoms with Crippen molar-refractivity contribution in [3.8, 4) is 0 Å². The highest BCUT2D eigenvalue weighted by Gasteiger charge is 2.33. The molecule has 0 bridgehead atoms. The van der Waals surface area contributed by atoms with Gasteiger partial charge in [0.2, 0.25) is 0 Å². The summed E-state index contributed by atoms with van der Waals surface area (Å²) < 4.78 is 30.7. The minimum Gasteiger partial charge on any atom is -0.287 e. The smallest absolute Gasteiger partial charge is 0.287 e. The second-order valence-corrected chi connectivity index (χ2v) is 16.8. The molecule has 1 fully saturated rings. The number of hydrogen-bond donors (Lipinski definition) is 1. The van der Waals surface area contributed by atoms with Gasteiger partial charge in [0.25, 0.3) is 0 Å². The van der Waals surface area contributed by atoms with E-state index < -0.39 is 10.4 Å². The summed E-state index contributed by atoms with van der Waals surface area (Å²) in [5, 5.41) is 0. The van der Waals surface area contributed by atoms with Gasteiger partial charge in [-0.2, -0.15) is 8.42 Å². The fraction of sp³-hybridized carbons (Fsp3) is 1.00. The third-order valence-corrected chi connectivity index (χ3v) is 11.8. The third kappa shape index (κ3) is 32.9. The van der Waals surface area contributed by atoms with Crippen LogP contribution in [0.4, 0.5) is 0 Å². The molecule has 308 valence electrons. The molecule has 0 aromatic carbocycles. The van der Waals surface area contributed by atoms with Gasteiger partial charge >= 0.3 is 10.4 Å². The average molecular weight is 745 g/mol. The molecule has 6 nitrogen and oxygen atoms in total. The highest BCUT2D eigenvalue weighted by Crippen LogP contribution is 2.27. The first-order chi connectivity index (χ1) is 24.8. The number of unbranched alkanes of at least 4 members (excludes halogenated alkanes) is 28. The largest absolute Gasteiger partial charge is 0.397 e. The quantitative estimate of drug-likeness (QED) is 0.0504. The van der Waals surface area contributed by atoms with Crippen LogP contribution in [0.15, 0.2) is 0 Å². The molecular formula is C44H92N2O4S. The highest BCUT2D eigenvalue weighted by atomic mass is 32.3. The molecule has 1 aliphatic heterocycles. The van der Waals surface area contributed by atoms with Gasteiger partial charge in [0, 0.05) is 19.1 Å². The van der Waals surface area contributed by atoms with E-state index in [1.165, 1.54) is 238 Å². The van der Waals surface area contributed by atoms with Crippen LogP contribution in [0.5, 0.6) is 0 Å². The van der Waals surface area contributed by atoms with Crippen LogP contribution in [0.1, 0.15) is 247 Å². The molecule has 0 amide bonds. The number of likely N-dealkylation sites (N-methyl/N-ethyl adjacent to an activating group) is 1. The Labute approximate surface area is 321 Å². The van der Waals surface area contributed by atoms with Crippen molar-refractivity contribution < 1.29 is 17.2 Å². The number of nitrogens with zero attached hydrogens (tertiary/aromatic N) is 2. The lowest BCUT2D eigenvalue weighted by atomic mass is 10.0. The van der Waals surface area contributed by atoms with Crippen molar-refractivity contribution >= 4 is 10.4 Å². The number of hydrogen-bond acceptors (Lipinski definition) is 5. The van der Waals surface area contributed by atoms with Crippen molar-refractivity contribution in [2.24, 2.45) is 0 Å². The monoisotopic (exact) mass is 745 g/mol. The van der Waals surface area contributed by atoms with Gasteiger partial charge in [-0.25, -0.2) is 4.18 Å². The first-order valence-corrected chi connectivity index (χ1v) is 24.3. The molecule has 1 aliphatic rings. The molecule has 0 radical (unpaired) electrons. The van der Waals surface area contributed by atoms with E-state index >= 15 is 0 Å². The van der Waals surface area contributed by atoms with E-state index in [9.17, 15) is 8.42 Å². The van der Waals surface area contributed by atoms with E-state index in [1.807, 2.05) is 0 Å². The molecule has 1 rings (SSSR count). The van der Waals surface area contributed by atoms with E-state index in [2.05, 4.69) is 41.7 Å². The van der Waals surface area contributed by atoms with E-state index in [-0.39, 0.29) is 6.61 Å². The fourth-order valence-corrected chi connectivity index (χ4v) is 8.40. The van der Waals surface area contributed by atoms with Crippen LogP contribution in [0.3, 0.4) is 0 Å². The van der Waals surface area contributed by atoms with Crippen LogP contribution < -0.4 is 0 Å². The Bertz CT molecular complexity index is 796. The molecule has 2 unspecified atom stereocenters. The van der Waals surface area contributed by atoms with Gasteiger partial charge in [-0.1, -0.05) is 220 Å². The Morgan fingerprint density at radius 3 is 1.18 bits per heavy atom. The Hall–Kier alpha value is -0.210. The zero-order valence-corrected chi connectivity index (χ0v) is 36.1. The van der Waals surface area contributed by atoms with Crippen LogP contribution in [-0.2, 0) is 14.6 Å². The summed E-state index contributed by atoms with van der Waals surface area (Å²) in [6.45, 7) is 14.8. The molecule has 7 heteroatoms. The first kappa shape index (κ1) is 50.8. The Morgan fingerprint density at radius 2 is 0.882 bits per heavy atom. The van der Waals surface area contributed by atoms with Crippen molar-refractivity contribution in [3.63, 3.8) is 0 Å². The van der Waals surface area contributed by atoms with E-state index in [0.717, 1.165) is 12.2 Å². The summed E-state index contributed by atoms with van der Waals surface area (Å²) in [4.78, 5) is 5.73. The fourth-order valence-electron chi connectivity index (χ4n) is 8.10. The van der Waals surface area contributed by atoms with Gasteiger partial charge < -0.3 is 0 Å². The molecular weight excluding hydrogens is 653 g/mol. The molecule has 2 atom stereocenters. The predicted molar refractivity (Wildman–Crippen MR) is 224 cm³/mol. The third-order valence-electron chi connectivity index (χ3n) is 11.3. The minimum absolute atomic E-state index is 0.0289. The lowest BCUT2D eigenvalue weighted by Gasteiger charge is -2.35. The highest BCUT2D eigenvalue weighted by molar-refractivity contribution is 7.80. The molecule has 0 aliphatic carbocycles. The van der Waals surface area contributed by atoms with Gasteiger partial charge in [-0.15, -0.1) is 0 Å². The summed E-state index contributed by atoms with van der Waals surface area (Å²) in [5.74, 6) is 0. The molecule has 0 aromatic rings. The summed E-state index contributed by atoms with van der Waals surface area (Å²) in [7, 11) is -4.17. The molecule has 0 saturated carbocycles. The number of rotatable bonds is 37. The maximum atomic E-state index is 9.56. The maximum Gasteiger partial charge on any atom is 0.397 e. The average Bonchev–Trinajstić information content (AvgIpc) is 3.52. The van der Waals surface area contributed by atoms with Crippen LogP contribution in [0.2, 0.25) is 0 Å². The lowest BCUT2D eigenvalue weighted by Crippen LogP contribution is -2.44. The van der Waals surface area contributed by atoms with Crippen molar-refractivity contribution in [3.05, 3.63) is 0 Å². The summed E-state index contributed by atoms with van der Waals surface area (Å²) in [6, 6.07) is 0.815. The topological polar surface area (TPSA) is 70.1 Å². The summed E-state index contributed by atoms with van der Waals surface area (Å²) in [6.07, 6.45) is 48.8. The van der Waals surface area contributed by atoms with E-state index in [0.29, 0.717) is 0 Å². The van der Waals surface area contributed by atoms with Crippen LogP contribution in [-0.4, -0.2) is 61.2 Å². The predicted octanol–water partition coefficient (Wildman–Crippen LogP) is 14.1. The maximum absolute atomic E-state index is 9.56. The second-order valence-electron chi connectivity index (χ2n) is 15.7. The Balaban J connectivity index is 0.00000321. The van der Waals surface area contributed by atoms with Gasteiger partial charge in [0.05, 0.1) is 12.8 Å². The van der Waals surface area contributed by atoms with Gasteiger partial charge in [0.15, 0.2) is 0 Å². The van der Waals surface area contributed by atoms with Crippen molar-refractivity contribution in [2.45, 2.75) is 259 Å². The molecule has 1 N–H and O–H groups in total. The van der Waals surface area contributed by atoms with Crippen molar-refractivity contribution in [1.82, 2.24) is 9.80 Å².